The minimum absolute atomic E-state index is 0.134. The van der Waals surface area contributed by atoms with E-state index in [1.165, 1.54) is 6.08 Å². The van der Waals surface area contributed by atoms with Crippen LogP contribution in [0.25, 0.3) is 17.4 Å². The van der Waals surface area contributed by atoms with Gasteiger partial charge in [-0.05, 0) is 48.2 Å². The van der Waals surface area contributed by atoms with Gasteiger partial charge in [0, 0.05) is 11.6 Å². The second kappa shape index (κ2) is 9.14. The zero-order chi connectivity index (χ0) is 22.7. The average molecular weight is 464 g/mol. The van der Waals surface area contributed by atoms with Gasteiger partial charge in [-0.15, -0.1) is 0 Å². The van der Waals surface area contributed by atoms with E-state index in [9.17, 15) is 19.6 Å². The molecule has 1 aliphatic rings. The Morgan fingerprint density at radius 2 is 1.88 bits per heavy atom. The number of rotatable bonds is 5. The molecule has 0 aliphatic carbocycles. The van der Waals surface area contributed by atoms with Crippen LogP contribution in [-0.4, -0.2) is 28.5 Å². The number of imide groups is 1. The molecule has 3 amide bonds. The summed E-state index contributed by atoms with van der Waals surface area (Å²) in [6.45, 7) is -0.438. The van der Waals surface area contributed by atoms with Crippen molar-refractivity contribution in [2.24, 2.45) is 0 Å². The van der Waals surface area contributed by atoms with Crippen LogP contribution in [-0.2, 0) is 9.59 Å². The monoisotopic (exact) mass is 463 g/mol. The van der Waals surface area contributed by atoms with E-state index in [2.05, 4.69) is 11.4 Å². The van der Waals surface area contributed by atoms with Crippen molar-refractivity contribution < 1.29 is 18.8 Å². The largest absolute Gasteiger partial charge is 0.457 e. The Morgan fingerprint density at radius 1 is 1.12 bits per heavy atom. The van der Waals surface area contributed by atoms with Gasteiger partial charge in [0.25, 0.3) is 11.1 Å². The van der Waals surface area contributed by atoms with Crippen molar-refractivity contribution in [1.82, 2.24) is 4.90 Å². The van der Waals surface area contributed by atoms with E-state index < -0.39 is 23.6 Å². The maximum atomic E-state index is 12.7. The van der Waals surface area contributed by atoms with Crippen molar-refractivity contribution in [2.75, 3.05) is 11.9 Å². The van der Waals surface area contributed by atoms with Gasteiger partial charge in [0.15, 0.2) is 0 Å². The number of nitrogens with zero attached hydrogens (tertiary/aromatic N) is 2. The van der Waals surface area contributed by atoms with Gasteiger partial charge in [0.1, 0.15) is 18.1 Å². The molecule has 2 heterocycles. The number of furan rings is 1. The van der Waals surface area contributed by atoms with Crippen LogP contribution >= 0.6 is 23.4 Å². The number of thioether (sulfide) groups is 1. The fraction of sp³-hybridized carbons (Fsp3) is 0.0435. The van der Waals surface area contributed by atoms with Gasteiger partial charge >= 0.3 is 0 Å². The van der Waals surface area contributed by atoms with Crippen molar-refractivity contribution in [2.45, 2.75) is 0 Å². The van der Waals surface area contributed by atoms with Gasteiger partial charge in [-0.3, -0.25) is 19.3 Å². The number of nitriles is 1. The zero-order valence-corrected chi connectivity index (χ0v) is 17.9. The van der Waals surface area contributed by atoms with Crippen LogP contribution in [0.1, 0.15) is 11.3 Å². The third-order valence-electron chi connectivity index (χ3n) is 4.54. The molecule has 1 aromatic heterocycles. The second-order valence-electron chi connectivity index (χ2n) is 6.66. The molecule has 0 spiro atoms. The summed E-state index contributed by atoms with van der Waals surface area (Å²) in [5, 5.41) is 11.6. The van der Waals surface area contributed by atoms with Gasteiger partial charge in [-0.2, -0.15) is 5.26 Å². The first-order valence-corrected chi connectivity index (χ1v) is 10.5. The summed E-state index contributed by atoms with van der Waals surface area (Å²) in [7, 11) is 0. The van der Waals surface area contributed by atoms with Crippen LogP contribution in [0.3, 0.4) is 0 Å². The molecule has 32 heavy (non-hydrogen) atoms. The van der Waals surface area contributed by atoms with Crippen molar-refractivity contribution in [3.8, 4) is 17.4 Å². The lowest BCUT2D eigenvalue weighted by atomic mass is 10.1. The summed E-state index contributed by atoms with van der Waals surface area (Å²) >= 11 is 6.74. The molecule has 0 radical (unpaired) electrons. The van der Waals surface area contributed by atoms with E-state index in [1.54, 1.807) is 60.7 Å². The molecule has 2 aromatic carbocycles. The number of carbonyl (C=O) groups is 3. The van der Waals surface area contributed by atoms with Crippen molar-refractivity contribution >= 4 is 52.2 Å². The van der Waals surface area contributed by atoms with Crippen LogP contribution in [0, 0.1) is 11.3 Å². The van der Waals surface area contributed by atoms with Crippen LogP contribution in [0.2, 0.25) is 5.02 Å². The first-order valence-electron chi connectivity index (χ1n) is 9.35. The molecule has 3 aromatic rings. The molecular formula is C23H14ClN3O4S. The molecule has 4 rings (SSSR count). The maximum Gasteiger partial charge on any atom is 0.294 e. The molecule has 9 heteroatoms. The zero-order valence-electron chi connectivity index (χ0n) is 16.4. The van der Waals surface area contributed by atoms with Gasteiger partial charge in [0.2, 0.25) is 5.91 Å². The maximum absolute atomic E-state index is 12.7. The number of anilines is 1. The molecule has 0 atom stereocenters. The molecule has 1 saturated heterocycles. The predicted molar refractivity (Wildman–Crippen MR) is 122 cm³/mol. The molecule has 1 N–H and O–H groups in total. The predicted octanol–water partition coefficient (Wildman–Crippen LogP) is 5.15. The van der Waals surface area contributed by atoms with Crippen molar-refractivity contribution in [3.63, 3.8) is 0 Å². The number of para-hydroxylation sites is 1. The van der Waals surface area contributed by atoms with E-state index >= 15 is 0 Å². The Labute approximate surface area is 192 Å². The minimum atomic E-state index is -0.593. The van der Waals surface area contributed by atoms with Crippen molar-refractivity contribution in [3.05, 3.63) is 81.9 Å². The summed E-state index contributed by atoms with van der Waals surface area (Å²) in [4.78, 5) is 38.3. The summed E-state index contributed by atoms with van der Waals surface area (Å²) in [5.74, 6) is -0.328. The van der Waals surface area contributed by atoms with Crippen LogP contribution in [0.5, 0.6) is 0 Å². The lowest BCUT2D eigenvalue weighted by molar-refractivity contribution is -0.127. The van der Waals surface area contributed by atoms with E-state index in [0.717, 1.165) is 16.7 Å². The highest BCUT2D eigenvalue weighted by Gasteiger charge is 2.36. The molecular weight excluding hydrogens is 450 g/mol. The van der Waals surface area contributed by atoms with Crippen LogP contribution in [0.15, 0.2) is 70.0 Å². The van der Waals surface area contributed by atoms with Crippen molar-refractivity contribution in [1.29, 1.82) is 5.26 Å². The van der Waals surface area contributed by atoms with Crippen LogP contribution in [0.4, 0.5) is 10.5 Å². The Bertz CT molecular complexity index is 1310. The number of halogens is 1. The minimum Gasteiger partial charge on any atom is -0.457 e. The van der Waals surface area contributed by atoms with Gasteiger partial charge < -0.3 is 9.73 Å². The quantitative estimate of drug-likeness (QED) is 0.525. The summed E-state index contributed by atoms with van der Waals surface area (Å²) < 4.78 is 5.75. The lowest BCUT2D eigenvalue weighted by Gasteiger charge is -2.13. The number of hydrogen-bond acceptors (Lipinski definition) is 6. The smallest absolute Gasteiger partial charge is 0.294 e. The highest BCUT2D eigenvalue weighted by molar-refractivity contribution is 8.18. The molecule has 7 nitrogen and oxygen atoms in total. The van der Waals surface area contributed by atoms with E-state index in [1.807, 2.05) is 0 Å². The Balaban J connectivity index is 1.48. The second-order valence-corrected chi connectivity index (χ2v) is 8.06. The highest BCUT2D eigenvalue weighted by Crippen LogP contribution is 2.34. The molecule has 1 fully saturated rings. The molecule has 0 saturated carbocycles. The summed E-state index contributed by atoms with van der Waals surface area (Å²) in [5.41, 5.74) is 1.47. The standard InChI is InChI=1S/C23H14ClN3O4S/c24-17-7-3-4-8-18(17)26-21(28)13-27-22(29)20(32-23(27)30)11-15-9-10-19(31-15)16-6-2-1-5-14(16)12-25/h1-11H,13H2,(H,26,28)/b20-11+. The number of hydrogen-bond donors (Lipinski definition) is 1. The summed E-state index contributed by atoms with van der Waals surface area (Å²) in [6.07, 6.45) is 1.44. The normalized spacial score (nSPS) is 14.6. The van der Waals surface area contributed by atoms with Gasteiger partial charge in [0.05, 0.1) is 27.2 Å². The fourth-order valence-corrected chi connectivity index (χ4v) is 4.03. The molecule has 0 unspecified atom stereocenters. The number of nitrogens with one attached hydrogen (secondary N) is 1. The molecule has 1 aliphatic heterocycles. The first-order chi connectivity index (χ1) is 15.5. The fourth-order valence-electron chi connectivity index (χ4n) is 3.03. The Hall–Kier alpha value is -3.80. The average Bonchev–Trinajstić information content (AvgIpc) is 3.35. The van der Waals surface area contributed by atoms with E-state index in [0.29, 0.717) is 33.4 Å². The topological polar surface area (TPSA) is 103 Å². The van der Waals surface area contributed by atoms with Gasteiger partial charge in [-0.1, -0.05) is 35.9 Å². The molecule has 0 bridgehead atoms. The Kier molecular flexibility index (Phi) is 6.12. The molecule has 158 valence electrons. The highest BCUT2D eigenvalue weighted by atomic mass is 35.5. The third-order valence-corrected chi connectivity index (χ3v) is 5.77. The number of amides is 3. The lowest BCUT2D eigenvalue weighted by Crippen LogP contribution is -2.36. The Morgan fingerprint density at radius 3 is 2.66 bits per heavy atom. The van der Waals surface area contributed by atoms with E-state index in [4.69, 9.17) is 16.0 Å². The first kappa shape index (κ1) is 21.4. The third kappa shape index (κ3) is 4.44. The van der Waals surface area contributed by atoms with Gasteiger partial charge in [-0.25, -0.2) is 0 Å². The summed E-state index contributed by atoms with van der Waals surface area (Å²) in [6, 6.07) is 19.1. The number of benzene rings is 2. The van der Waals surface area contributed by atoms with Crippen LogP contribution < -0.4 is 5.32 Å². The SMILES string of the molecule is N#Cc1ccccc1-c1ccc(/C=C2/SC(=O)N(CC(=O)Nc3ccccc3Cl)C2=O)o1. The number of carbonyl (C=O) groups excluding carboxylic acids is 3. The van der Waals surface area contributed by atoms with E-state index in [-0.39, 0.29) is 4.91 Å².